The molecule has 2 atom stereocenters. The molecule has 2 amide bonds. The number of nitrogens with one attached hydrogen (secondary N) is 2. The molecule has 0 aliphatic heterocycles. The number of rotatable bonds is 3. The van der Waals surface area contributed by atoms with Gasteiger partial charge in [-0.15, -0.1) is 0 Å². The first-order valence-corrected chi connectivity index (χ1v) is 6.62. The molecule has 0 heterocycles. The summed E-state index contributed by atoms with van der Waals surface area (Å²) in [6, 6.07) is 5.52. The third-order valence-corrected chi connectivity index (χ3v) is 3.41. The number of halogens is 1. The van der Waals surface area contributed by atoms with E-state index in [1.165, 1.54) is 12.1 Å². The van der Waals surface area contributed by atoms with E-state index in [1.54, 1.807) is 12.1 Å². The van der Waals surface area contributed by atoms with E-state index in [0.29, 0.717) is 6.54 Å². The monoisotopic (exact) mass is 266 g/mol. The Bertz CT molecular complexity index is 422. The minimum atomic E-state index is -0.453. The van der Waals surface area contributed by atoms with Crippen molar-refractivity contribution in [2.75, 3.05) is 0 Å². The molecule has 19 heavy (non-hydrogen) atoms. The van der Waals surface area contributed by atoms with Crippen LogP contribution in [0.25, 0.3) is 0 Å². The van der Waals surface area contributed by atoms with Crippen LogP contribution in [0, 0.1) is 5.82 Å². The molecule has 1 fully saturated rings. The van der Waals surface area contributed by atoms with Crippen LogP contribution in [0.2, 0.25) is 0 Å². The highest BCUT2D eigenvalue weighted by Gasteiger charge is 2.24. The lowest BCUT2D eigenvalue weighted by atomic mass is 9.93. The van der Waals surface area contributed by atoms with Crippen molar-refractivity contribution in [1.29, 1.82) is 0 Å². The fourth-order valence-electron chi connectivity index (χ4n) is 2.28. The molecule has 1 aliphatic carbocycles. The predicted molar refractivity (Wildman–Crippen MR) is 70.0 cm³/mol. The van der Waals surface area contributed by atoms with Crippen LogP contribution >= 0.6 is 0 Å². The fraction of sp³-hybridized carbons (Fsp3) is 0.500. The molecule has 0 saturated heterocycles. The maximum Gasteiger partial charge on any atom is 0.315 e. The standard InChI is InChI=1S/C14H19FN2O2/c15-11-7-5-10(6-8-11)9-16-14(19)17-12-3-1-2-4-13(12)18/h5-8,12-13,18H,1-4,9H2,(H2,16,17,19)/t12-,13+/m0/s1. The molecule has 5 heteroatoms. The van der Waals surface area contributed by atoms with E-state index in [2.05, 4.69) is 10.6 Å². The summed E-state index contributed by atoms with van der Waals surface area (Å²) in [7, 11) is 0. The number of hydrogen-bond acceptors (Lipinski definition) is 2. The molecule has 104 valence electrons. The zero-order valence-corrected chi connectivity index (χ0v) is 10.7. The minimum Gasteiger partial charge on any atom is -0.391 e. The smallest absolute Gasteiger partial charge is 0.315 e. The van der Waals surface area contributed by atoms with Crippen LogP contribution in [-0.2, 0) is 6.54 Å². The molecule has 2 rings (SSSR count). The number of urea groups is 1. The van der Waals surface area contributed by atoms with Gasteiger partial charge in [-0.2, -0.15) is 0 Å². The zero-order chi connectivity index (χ0) is 13.7. The summed E-state index contributed by atoms with van der Waals surface area (Å²) in [4.78, 5) is 11.7. The molecule has 1 saturated carbocycles. The molecule has 0 bridgehead atoms. The second-order valence-corrected chi connectivity index (χ2v) is 4.91. The molecule has 0 spiro atoms. The summed E-state index contributed by atoms with van der Waals surface area (Å²) in [6.45, 7) is 0.342. The van der Waals surface area contributed by atoms with E-state index >= 15 is 0 Å². The third kappa shape index (κ3) is 4.21. The van der Waals surface area contributed by atoms with Crippen molar-refractivity contribution < 1.29 is 14.3 Å². The van der Waals surface area contributed by atoms with Crippen molar-refractivity contribution in [2.45, 2.75) is 44.4 Å². The van der Waals surface area contributed by atoms with E-state index in [0.717, 1.165) is 31.2 Å². The van der Waals surface area contributed by atoms with Gasteiger partial charge in [-0.1, -0.05) is 25.0 Å². The van der Waals surface area contributed by atoms with Gasteiger partial charge in [0.25, 0.3) is 0 Å². The lowest BCUT2D eigenvalue weighted by Crippen LogP contribution is -2.48. The summed E-state index contributed by atoms with van der Waals surface area (Å²) in [6.07, 6.45) is 3.13. The van der Waals surface area contributed by atoms with Gasteiger partial charge in [-0.05, 0) is 30.5 Å². The molecule has 0 unspecified atom stereocenters. The number of benzene rings is 1. The SMILES string of the molecule is O=C(NCc1ccc(F)cc1)N[C@H]1CCCC[C@H]1O. The summed E-state index contributed by atoms with van der Waals surface area (Å²) in [5, 5.41) is 15.2. The molecular formula is C14H19FN2O2. The van der Waals surface area contributed by atoms with E-state index < -0.39 is 6.10 Å². The van der Waals surface area contributed by atoms with Crippen LogP contribution in [0.1, 0.15) is 31.2 Å². The van der Waals surface area contributed by atoms with Crippen LogP contribution in [0.4, 0.5) is 9.18 Å². The van der Waals surface area contributed by atoms with Crippen molar-refractivity contribution in [2.24, 2.45) is 0 Å². The number of carbonyl (C=O) groups excluding carboxylic acids is 1. The van der Waals surface area contributed by atoms with Gasteiger partial charge in [0.05, 0.1) is 12.1 Å². The highest BCUT2D eigenvalue weighted by molar-refractivity contribution is 5.74. The Hall–Kier alpha value is -1.62. The van der Waals surface area contributed by atoms with Crippen LogP contribution < -0.4 is 10.6 Å². The van der Waals surface area contributed by atoms with Gasteiger partial charge in [0.2, 0.25) is 0 Å². The summed E-state index contributed by atoms with van der Waals surface area (Å²) < 4.78 is 12.7. The first kappa shape index (κ1) is 13.8. The van der Waals surface area contributed by atoms with Crippen molar-refractivity contribution in [1.82, 2.24) is 10.6 Å². The van der Waals surface area contributed by atoms with E-state index in [-0.39, 0.29) is 17.9 Å². The van der Waals surface area contributed by atoms with Gasteiger partial charge in [-0.3, -0.25) is 0 Å². The Balaban J connectivity index is 1.76. The summed E-state index contributed by atoms with van der Waals surface area (Å²) in [5.74, 6) is -0.293. The lowest BCUT2D eigenvalue weighted by Gasteiger charge is -2.28. The van der Waals surface area contributed by atoms with Crippen LogP contribution in [0.5, 0.6) is 0 Å². The van der Waals surface area contributed by atoms with Gasteiger partial charge >= 0.3 is 6.03 Å². The second-order valence-electron chi connectivity index (χ2n) is 4.91. The average molecular weight is 266 g/mol. The normalized spacial score (nSPS) is 22.8. The number of carbonyl (C=O) groups is 1. The Morgan fingerprint density at radius 3 is 2.63 bits per heavy atom. The molecule has 1 aromatic rings. The van der Waals surface area contributed by atoms with Crippen molar-refractivity contribution >= 4 is 6.03 Å². The molecule has 1 aliphatic rings. The van der Waals surface area contributed by atoms with Crippen molar-refractivity contribution in [3.8, 4) is 0 Å². The molecular weight excluding hydrogens is 247 g/mol. The predicted octanol–water partition coefficient (Wildman–Crippen LogP) is 1.93. The topological polar surface area (TPSA) is 61.4 Å². The van der Waals surface area contributed by atoms with E-state index in [4.69, 9.17) is 0 Å². The zero-order valence-electron chi connectivity index (χ0n) is 10.7. The number of aliphatic hydroxyl groups excluding tert-OH is 1. The van der Waals surface area contributed by atoms with Gasteiger partial charge in [0.15, 0.2) is 0 Å². The van der Waals surface area contributed by atoms with E-state index in [1.807, 2.05) is 0 Å². The Morgan fingerprint density at radius 1 is 1.26 bits per heavy atom. The van der Waals surface area contributed by atoms with Crippen molar-refractivity contribution in [3.05, 3.63) is 35.6 Å². The van der Waals surface area contributed by atoms with Gasteiger partial charge in [0, 0.05) is 6.54 Å². The van der Waals surface area contributed by atoms with Crippen molar-refractivity contribution in [3.63, 3.8) is 0 Å². The minimum absolute atomic E-state index is 0.165. The number of amides is 2. The Labute approximate surface area is 112 Å². The molecule has 3 N–H and O–H groups in total. The van der Waals surface area contributed by atoms with Gasteiger partial charge in [-0.25, -0.2) is 9.18 Å². The highest BCUT2D eigenvalue weighted by Crippen LogP contribution is 2.18. The number of aliphatic hydroxyl groups is 1. The molecule has 0 aromatic heterocycles. The first-order valence-electron chi connectivity index (χ1n) is 6.62. The molecule has 4 nitrogen and oxygen atoms in total. The maximum absolute atomic E-state index is 12.7. The summed E-state index contributed by atoms with van der Waals surface area (Å²) >= 11 is 0. The van der Waals surface area contributed by atoms with E-state index in [9.17, 15) is 14.3 Å². The van der Waals surface area contributed by atoms with Crippen LogP contribution in [-0.4, -0.2) is 23.3 Å². The van der Waals surface area contributed by atoms with Gasteiger partial charge < -0.3 is 15.7 Å². The molecule has 1 aromatic carbocycles. The summed E-state index contributed by atoms with van der Waals surface area (Å²) in [5.41, 5.74) is 0.834. The first-order chi connectivity index (χ1) is 9.15. The lowest BCUT2D eigenvalue weighted by molar-refractivity contribution is 0.0943. The largest absolute Gasteiger partial charge is 0.391 e. The Kier molecular flexibility index (Phi) is 4.74. The fourth-order valence-corrected chi connectivity index (χ4v) is 2.28. The number of hydrogen-bond donors (Lipinski definition) is 3. The highest BCUT2D eigenvalue weighted by atomic mass is 19.1. The third-order valence-electron chi connectivity index (χ3n) is 3.41. The molecule has 0 radical (unpaired) electrons. The van der Waals surface area contributed by atoms with Crippen LogP contribution in [0.15, 0.2) is 24.3 Å². The second kappa shape index (κ2) is 6.52. The Morgan fingerprint density at radius 2 is 1.95 bits per heavy atom. The van der Waals surface area contributed by atoms with Gasteiger partial charge in [0.1, 0.15) is 5.82 Å². The quantitative estimate of drug-likeness (QED) is 0.783. The van der Waals surface area contributed by atoms with Crippen LogP contribution in [0.3, 0.4) is 0 Å². The average Bonchev–Trinajstić information content (AvgIpc) is 2.41. The maximum atomic E-state index is 12.7.